The average Bonchev–Trinajstić information content (AvgIpc) is 2.60. The van der Waals surface area contributed by atoms with Crippen LogP contribution in [0.25, 0.3) is 5.57 Å². The molecule has 2 heteroatoms. The second-order valence-electron chi connectivity index (χ2n) is 5.94. The molecule has 2 aromatic carbocycles. The van der Waals surface area contributed by atoms with Gasteiger partial charge < -0.3 is 0 Å². The van der Waals surface area contributed by atoms with Gasteiger partial charge in [0.15, 0.2) is 0 Å². The quantitative estimate of drug-likeness (QED) is 0.629. The number of hydrogen-bond acceptors (Lipinski definition) is 1. The van der Waals surface area contributed by atoms with Crippen LogP contribution in [0.3, 0.4) is 0 Å². The van der Waals surface area contributed by atoms with Gasteiger partial charge in [0.2, 0.25) is 0 Å². The van der Waals surface area contributed by atoms with Gasteiger partial charge in [-0.1, -0.05) is 67.7 Å². The third kappa shape index (κ3) is 1.68. The minimum absolute atomic E-state index is 1.10. The van der Waals surface area contributed by atoms with Crippen molar-refractivity contribution in [1.82, 2.24) is 4.98 Å². The molecule has 22 heavy (non-hydrogen) atoms. The molecule has 1 aliphatic heterocycles. The Morgan fingerprint density at radius 2 is 1.50 bits per heavy atom. The number of nitrogens with zero attached hydrogens (tertiary/aromatic N) is 1. The lowest BCUT2D eigenvalue weighted by molar-refractivity contribution is 1.32. The Labute approximate surface area is 132 Å². The standard InChI is InChI=1S/C20H17NSi/c1-15-17-10-6-7-11-19(17)22(2,16-8-4-3-5-9-16)20-12-13-21-14-18(15)20/h3-14H,1H2,2H3. The fourth-order valence-corrected chi connectivity index (χ4v) is 7.76. The molecule has 0 saturated heterocycles. The zero-order valence-corrected chi connectivity index (χ0v) is 13.6. The minimum Gasteiger partial charge on any atom is -0.264 e. The molecule has 1 aliphatic rings. The zero-order chi connectivity index (χ0) is 15.2. The Bertz CT molecular complexity index is 818. The second-order valence-corrected chi connectivity index (χ2v) is 9.84. The molecule has 1 nitrogen and oxygen atoms in total. The number of aromatic nitrogens is 1. The number of hydrogen-bond donors (Lipinski definition) is 0. The van der Waals surface area contributed by atoms with Crippen LogP contribution in [0.1, 0.15) is 11.1 Å². The molecule has 0 radical (unpaired) electrons. The third-order valence-corrected chi connectivity index (χ3v) is 9.34. The Morgan fingerprint density at radius 1 is 0.818 bits per heavy atom. The lowest BCUT2D eigenvalue weighted by Crippen LogP contribution is -2.68. The molecule has 2 heterocycles. The van der Waals surface area contributed by atoms with Gasteiger partial charge >= 0.3 is 0 Å². The summed E-state index contributed by atoms with van der Waals surface area (Å²) in [5, 5.41) is 4.30. The van der Waals surface area contributed by atoms with Crippen LogP contribution < -0.4 is 15.6 Å². The predicted octanol–water partition coefficient (Wildman–Crippen LogP) is 2.56. The first kappa shape index (κ1) is 13.2. The highest BCUT2D eigenvalue weighted by Crippen LogP contribution is 2.27. The Hall–Kier alpha value is -2.45. The van der Waals surface area contributed by atoms with Crippen molar-refractivity contribution in [2.45, 2.75) is 6.55 Å². The molecule has 0 amide bonds. The summed E-state index contributed by atoms with van der Waals surface area (Å²) in [5.74, 6) is 0. The van der Waals surface area contributed by atoms with Crippen molar-refractivity contribution in [3.63, 3.8) is 0 Å². The van der Waals surface area contributed by atoms with E-state index in [9.17, 15) is 0 Å². The topological polar surface area (TPSA) is 12.9 Å². The Morgan fingerprint density at radius 3 is 2.32 bits per heavy atom. The van der Waals surface area contributed by atoms with Crippen molar-refractivity contribution in [3.8, 4) is 0 Å². The smallest absolute Gasteiger partial charge is 0.147 e. The van der Waals surface area contributed by atoms with Gasteiger partial charge in [0.05, 0.1) is 0 Å². The molecule has 3 aromatic rings. The van der Waals surface area contributed by atoms with Gasteiger partial charge in [0.1, 0.15) is 8.07 Å². The molecule has 1 atom stereocenters. The summed E-state index contributed by atoms with van der Waals surface area (Å²) in [6, 6.07) is 21.8. The maximum absolute atomic E-state index is 4.34. The fourth-order valence-electron chi connectivity index (χ4n) is 3.63. The molecule has 1 aromatic heterocycles. The lowest BCUT2D eigenvalue weighted by Gasteiger charge is -2.37. The highest BCUT2D eigenvalue weighted by molar-refractivity contribution is 7.11. The van der Waals surface area contributed by atoms with Crippen LogP contribution >= 0.6 is 0 Å². The minimum atomic E-state index is -2.00. The van der Waals surface area contributed by atoms with Gasteiger partial charge in [-0.2, -0.15) is 0 Å². The van der Waals surface area contributed by atoms with Crippen molar-refractivity contribution >= 4 is 29.2 Å². The lowest BCUT2D eigenvalue weighted by atomic mass is 10.0. The summed E-state index contributed by atoms with van der Waals surface area (Å²) >= 11 is 0. The summed E-state index contributed by atoms with van der Waals surface area (Å²) in [4.78, 5) is 4.34. The monoisotopic (exact) mass is 299 g/mol. The first-order chi connectivity index (χ1) is 10.7. The molecule has 0 bridgehead atoms. The molecule has 0 saturated carbocycles. The van der Waals surface area contributed by atoms with E-state index in [0.29, 0.717) is 0 Å². The van der Waals surface area contributed by atoms with Crippen LogP contribution in [0.15, 0.2) is 79.6 Å². The highest BCUT2D eigenvalue weighted by atomic mass is 28.3. The van der Waals surface area contributed by atoms with Crippen LogP contribution in [0, 0.1) is 0 Å². The van der Waals surface area contributed by atoms with Crippen LogP contribution in [0.4, 0.5) is 0 Å². The number of fused-ring (bicyclic) bond motifs is 2. The van der Waals surface area contributed by atoms with E-state index in [1.54, 1.807) is 0 Å². The van der Waals surface area contributed by atoms with E-state index >= 15 is 0 Å². The maximum atomic E-state index is 4.34. The molecule has 0 fully saturated rings. The molecule has 1 unspecified atom stereocenters. The van der Waals surface area contributed by atoms with E-state index in [-0.39, 0.29) is 0 Å². The summed E-state index contributed by atoms with van der Waals surface area (Å²) in [6.07, 6.45) is 3.88. The predicted molar refractivity (Wildman–Crippen MR) is 95.8 cm³/mol. The molecule has 0 N–H and O–H groups in total. The van der Waals surface area contributed by atoms with Crippen molar-refractivity contribution in [2.24, 2.45) is 0 Å². The molecule has 0 spiro atoms. The first-order valence-corrected chi connectivity index (χ1v) is 10.0. The number of rotatable bonds is 1. The summed E-state index contributed by atoms with van der Waals surface area (Å²) in [7, 11) is -2.00. The van der Waals surface area contributed by atoms with Crippen LogP contribution in [-0.4, -0.2) is 13.1 Å². The summed E-state index contributed by atoms with van der Waals surface area (Å²) < 4.78 is 0. The van der Waals surface area contributed by atoms with Gasteiger partial charge in [-0.15, -0.1) is 0 Å². The Kier molecular flexibility index (Phi) is 2.88. The van der Waals surface area contributed by atoms with Gasteiger partial charge in [0.25, 0.3) is 0 Å². The van der Waals surface area contributed by atoms with Crippen molar-refractivity contribution in [2.75, 3.05) is 0 Å². The fraction of sp³-hybridized carbons (Fsp3) is 0.0500. The number of benzene rings is 2. The van der Waals surface area contributed by atoms with Crippen molar-refractivity contribution in [1.29, 1.82) is 0 Å². The molecular weight excluding hydrogens is 282 g/mol. The second kappa shape index (κ2) is 4.78. The van der Waals surface area contributed by atoms with Gasteiger partial charge in [-0.25, -0.2) is 0 Å². The SMILES string of the molecule is C=C1c2ccccc2[Si](C)(c2ccccc2)c2ccncc21. The van der Waals surface area contributed by atoms with Crippen molar-refractivity contribution < 1.29 is 0 Å². The Balaban J connectivity index is 2.12. The molecular formula is C20H17NSi. The van der Waals surface area contributed by atoms with Gasteiger partial charge in [0, 0.05) is 18.0 Å². The van der Waals surface area contributed by atoms with E-state index in [0.717, 1.165) is 5.57 Å². The summed E-state index contributed by atoms with van der Waals surface area (Å²) in [6.45, 7) is 6.78. The van der Waals surface area contributed by atoms with E-state index < -0.39 is 8.07 Å². The zero-order valence-electron chi connectivity index (χ0n) is 12.6. The number of pyridine rings is 1. The van der Waals surface area contributed by atoms with Crippen LogP contribution in [0.5, 0.6) is 0 Å². The van der Waals surface area contributed by atoms with E-state index in [1.807, 2.05) is 12.4 Å². The normalized spacial score (nSPS) is 19.4. The van der Waals surface area contributed by atoms with Crippen molar-refractivity contribution in [3.05, 3.63) is 90.8 Å². The van der Waals surface area contributed by atoms with E-state index in [2.05, 4.69) is 78.8 Å². The largest absolute Gasteiger partial charge is 0.264 e. The van der Waals surface area contributed by atoms with Gasteiger partial charge in [-0.3, -0.25) is 4.98 Å². The summed E-state index contributed by atoms with van der Waals surface area (Å²) in [5.41, 5.74) is 3.58. The average molecular weight is 299 g/mol. The molecule has 0 aliphatic carbocycles. The van der Waals surface area contributed by atoms with Crippen LogP contribution in [-0.2, 0) is 0 Å². The first-order valence-electron chi connectivity index (χ1n) is 7.52. The third-order valence-electron chi connectivity index (χ3n) is 4.83. The molecule has 106 valence electrons. The molecule has 4 rings (SSSR count). The van der Waals surface area contributed by atoms with Gasteiger partial charge in [-0.05, 0) is 32.8 Å². The maximum Gasteiger partial charge on any atom is 0.147 e. The van der Waals surface area contributed by atoms with Crippen LogP contribution in [0.2, 0.25) is 6.55 Å². The van der Waals surface area contributed by atoms with E-state index in [4.69, 9.17) is 0 Å². The van der Waals surface area contributed by atoms with E-state index in [1.165, 1.54) is 26.7 Å². The highest BCUT2D eigenvalue weighted by Gasteiger charge is 2.41.